The first-order chi connectivity index (χ1) is 9.75. The van der Waals surface area contributed by atoms with E-state index in [-0.39, 0.29) is 18.0 Å². The van der Waals surface area contributed by atoms with Gasteiger partial charge in [0.2, 0.25) is 0 Å². The van der Waals surface area contributed by atoms with E-state index in [2.05, 4.69) is 10.3 Å². The molecular formula is C15H13ClN2O3. The van der Waals surface area contributed by atoms with Gasteiger partial charge in [-0.3, -0.25) is 4.98 Å². The number of benzene rings is 1. The third kappa shape index (κ3) is 2.98. The van der Waals surface area contributed by atoms with Crippen LogP contribution in [0.1, 0.15) is 16.1 Å². The summed E-state index contributed by atoms with van der Waals surface area (Å²) in [6.45, 7) is 0.418. The van der Waals surface area contributed by atoms with Crippen LogP contribution in [0.25, 0.3) is 10.9 Å². The summed E-state index contributed by atoms with van der Waals surface area (Å²) in [6.07, 6.45) is 2.95. The minimum atomic E-state index is -1.01. The van der Waals surface area contributed by atoms with Gasteiger partial charge in [0, 0.05) is 11.6 Å². The van der Waals surface area contributed by atoms with E-state index in [0.717, 1.165) is 16.7 Å². The van der Waals surface area contributed by atoms with Gasteiger partial charge in [-0.05, 0) is 18.2 Å². The third-order valence-electron chi connectivity index (χ3n) is 3.03. The molecular weight excluding hydrogens is 292 g/mol. The molecule has 1 aromatic carbocycles. The van der Waals surface area contributed by atoms with Crippen LogP contribution in [0.2, 0.25) is 0 Å². The van der Waals surface area contributed by atoms with E-state index in [1.165, 1.54) is 6.20 Å². The number of carbonyl (C=O) groups is 1. The van der Waals surface area contributed by atoms with Crippen LogP contribution in [0.15, 0.2) is 53.3 Å². The monoisotopic (exact) mass is 304 g/mol. The number of rotatable bonds is 4. The number of anilines is 1. The molecule has 0 aliphatic heterocycles. The third-order valence-corrected chi connectivity index (χ3v) is 3.03. The first-order valence-electron chi connectivity index (χ1n) is 6.13. The maximum atomic E-state index is 11.3. The van der Waals surface area contributed by atoms with Gasteiger partial charge in [-0.25, -0.2) is 4.79 Å². The molecule has 0 unspecified atom stereocenters. The van der Waals surface area contributed by atoms with Gasteiger partial charge >= 0.3 is 5.97 Å². The van der Waals surface area contributed by atoms with E-state index >= 15 is 0 Å². The lowest BCUT2D eigenvalue weighted by atomic mass is 10.1. The largest absolute Gasteiger partial charge is 0.478 e. The number of aromatic carboxylic acids is 1. The van der Waals surface area contributed by atoms with E-state index in [1.54, 1.807) is 12.3 Å². The number of aromatic nitrogens is 1. The summed E-state index contributed by atoms with van der Waals surface area (Å²) >= 11 is 0. The Morgan fingerprint density at radius 3 is 2.76 bits per heavy atom. The Kier molecular flexibility index (Phi) is 4.45. The second-order valence-electron chi connectivity index (χ2n) is 4.30. The predicted molar refractivity (Wildman–Crippen MR) is 82.0 cm³/mol. The molecule has 108 valence electrons. The normalized spacial score (nSPS) is 10.1. The minimum Gasteiger partial charge on any atom is -0.478 e. The summed E-state index contributed by atoms with van der Waals surface area (Å²) in [5.41, 5.74) is 1.45. The second-order valence-corrected chi connectivity index (χ2v) is 4.30. The fraction of sp³-hybridized carbons (Fsp3) is 0.0667. The van der Waals surface area contributed by atoms with Crippen LogP contribution in [0, 0.1) is 0 Å². The van der Waals surface area contributed by atoms with Gasteiger partial charge in [0.15, 0.2) is 0 Å². The molecule has 0 aliphatic carbocycles. The zero-order valence-corrected chi connectivity index (χ0v) is 11.8. The smallest absolute Gasteiger partial charge is 0.339 e. The molecule has 0 saturated heterocycles. The average molecular weight is 305 g/mol. The molecule has 0 radical (unpaired) electrons. The van der Waals surface area contributed by atoms with Crippen molar-refractivity contribution in [2.45, 2.75) is 6.54 Å². The number of fused-ring (bicyclic) bond motifs is 1. The lowest BCUT2D eigenvalue weighted by Crippen LogP contribution is -2.07. The Morgan fingerprint density at radius 1 is 1.24 bits per heavy atom. The molecule has 0 fully saturated rings. The first-order valence-corrected chi connectivity index (χ1v) is 6.13. The topological polar surface area (TPSA) is 75.4 Å². The van der Waals surface area contributed by atoms with Gasteiger partial charge < -0.3 is 14.8 Å². The van der Waals surface area contributed by atoms with Crippen molar-refractivity contribution in [3.63, 3.8) is 0 Å². The van der Waals surface area contributed by atoms with E-state index in [4.69, 9.17) is 4.42 Å². The Hall–Kier alpha value is -2.53. The molecule has 0 bridgehead atoms. The van der Waals surface area contributed by atoms with E-state index in [1.807, 2.05) is 30.3 Å². The molecule has 0 aliphatic rings. The quantitative estimate of drug-likeness (QED) is 0.771. The molecule has 3 aromatic rings. The van der Waals surface area contributed by atoms with E-state index in [9.17, 15) is 9.90 Å². The molecule has 2 N–H and O–H groups in total. The molecule has 6 heteroatoms. The number of carboxylic acid groups (broad SMARTS) is 1. The highest BCUT2D eigenvalue weighted by Gasteiger charge is 2.14. The summed E-state index contributed by atoms with van der Waals surface area (Å²) in [6, 6.07) is 11.0. The van der Waals surface area contributed by atoms with Crippen molar-refractivity contribution < 1.29 is 14.3 Å². The van der Waals surface area contributed by atoms with Crippen molar-refractivity contribution in [3.8, 4) is 0 Å². The number of nitrogens with zero attached hydrogens (tertiary/aromatic N) is 1. The summed E-state index contributed by atoms with van der Waals surface area (Å²) in [5.74, 6) is -0.271. The summed E-state index contributed by atoms with van der Waals surface area (Å²) in [7, 11) is 0. The average Bonchev–Trinajstić information content (AvgIpc) is 2.97. The van der Waals surface area contributed by atoms with Crippen LogP contribution in [0.3, 0.4) is 0 Å². The number of halogens is 1. The minimum absolute atomic E-state index is 0. The van der Waals surface area contributed by atoms with Crippen molar-refractivity contribution in [2.24, 2.45) is 0 Å². The standard InChI is InChI=1S/C15H12N2O3.ClH/c18-15(19)12-9-16-13-6-2-1-5-11(13)14(12)17-8-10-4-3-7-20-10;/h1-7,9H,8H2,(H,16,17)(H,18,19);1H. The van der Waals surface area contributed by atoms with Crippen molar-refractivity contribution >= 4 is 35.0 Å². The molecule has 21 heavy (non-hydrogen) atoms. The maximum absolute atomic E-state index is 11.3. The molecule has 5 nitrogen and oxygen atoms in total. The molecule has 3 rings (SSSR count). The molecule has 0 atom stereocenters. The highest BCUT2D eigenvalue weighted by Crippen LogP contribution is 2.26. The number of carboxylic acids is 1. The van der Waals surface area contributed by atoms with E-state index < -0.39 is 5.97 Å². The first kappa shape index (κ1) is 14.9. The van der Waals surface area contributed by atoms with E-state index in [0.29, 0.717) is 12.2 Å². The number of furan rings is 1. The number of hydrogen-bond acceptors (Lipinski definition) is 4. The van der Waals surface area contributed by atoms with Crippen LogP contribution in [0.5, 0.6) is 0 Å². The van der Waals surface area contributed by atoms with Crippen LogP contribution < -0.4 is 5.32 Å². The van der Waals surface area contributed by atoms with Gasteiger partial charge in [0.05, 0.1) is 24.0 Å². The fourth-order valence-electron chi connectivity index (χ4n) is 2.08. The van der Waals surface area contributed by atoms with Crippen LogP contribution >= 0.6 is 12.4 Å². The number of hydrogen-bond donors (Lipinski definition) is 2. The van der Waals surface area contributed by atoms with Crippen LogP contribution in [-0.2, 0) is 6.54 Å². The SMILES string of the molecule is Cl.O=C(O)c1cnc2ccccc2c1NCc1ccco1. The van der Waals surface area contributed by atoms with Gasteiger partial charge in [-0.2, -0.15) is 0 Å². The summed E-state index contributed by atoms with van der Waals surface area (Å²) in [5, 5.41) is 13.2. The van der Waals surface area contributed by atoms with Gasteiger partial charge in [0.25, 0.3) is 0 Å². The highest BCUT2D eigenvalue weighted by molar-refractivity contribution is 6.04. The predicted octanol–water partition coefficient (Wildman–Crippen LogP) is 3.56. The molecule has 0 saturated carbocycles. The lowest BCUT2D eigenvalue weighted by Gasteiger charge is -2.11. The number of nitrogens with one attached hydrogen (secondary N) is 1. The van der Waals surface area contributed by atoms with Crippen LogP contribution in [-0.4, -0.2) is 16.1 Å². The lowest BCUT2D eigenvalue weighted by molar-refractivity contribution is 0.0697. The van der Waals surface area contributed by atoms with Crippen LogP contribution in [0.4, 0.5) is 5.69 Å². The molecule has 0 spiro atoms. The number of pyridine rings is 1. The maximum Gasteiger partial charge on any atom is 0.339 e. The molecule has 2 aromatic heterocycles. The van der Waals surface area contributed by atoms with Gasteiger partial charge in [-0.1, -0.05) is 18.2 Å². The Bertz CT molecular complexity index is 757. The summed E-state index contributed by atoms with van der Waals surface area (Å²) < 4.78 is 5.24. The van der Waals surface area contributed by atoms with Crippen molar-refractivity contribution in [3.05, 3.63) is 60.2 Å². The summed E-state index contributed by atoms with van der Waals surface area (Å²) in [4.78, 5) is 15.5. The van der Waals surface area contributed by atoms with Crippen molar-refractivity contribution in [2.75, 3.05) is 5.32 Å². The second kappa shape index (κ2) is 6.28. The van der Waals surface area contributed by atoms with Crippen molar-refractivity contribution in [1.29, 1.82) is 0 Å². The zero-order valence-electron chi connectivity index (χ0n) is 10.9. The van der Waals surface area contributed by atoms with Gasteiger partial charge in [-0.15, -0.1) is 12.4 Å². The fourth-order valence-corrected chi connectivity index (χ4v) is 2.08. The molecule has 0 amide bonds. The Labute approximate surface area is 127 Å². The Morgan fingerprint density at radius 2 is 2.05 bits per heavy atom. The van der Waals surface area contributed by atoms with Gasteiger partial charge in [0.1, 0.15) is 11.3 Å². The highest BCUT2D eigenvalue weighted by atomic mass is 35.5. The van der Waals surface area contributed by atoms with Crippen molar-refractivity contribution in [1.82, 2.24) is 4.98 Å². The molecule has 2 heterocycles. The Balaban J connectivity index is 0.00000161. The zero-order chi connectivity index (χ0) is 13.9. The number of para-hydroxylation sites is 1.